The van der Waals surface area contributed by atoms with Crippen LogP contribution in [0.3, 0.4) is 0 Å². The van der Waals surface area contributed by atoms with Crippen molar-refractivity contribution in [2.75, 3.05) is 6.16 Å². The van der Waals surface area contributed by atoms with Crippen molar-refractivity contribution in [3.05, 3.63) is 60.2 Å². The van der Waals surface area contributed by atoms with Crippen LogP contribution in [-0.4, -0.2) is 58.9 Å². The molecule has 3 N–H and O–H groups in total. The summed E-state index contributed by atoms with van der Waals surface area (Å²) in [4.78, 5) is 49.5. The molecule has 0 bridgehead atoms. The van der Waals surface area contributed by atoms with Crippen molar-refractivity contribution in [1.82, 2.24) is 10.6 Å². The molecule has 0 saturated carbocycles. The topological polar surface area (TPSA) is 157 Å². The maximum Gasteiger partial charge on any atom is 0.408 e. The molecule has 0 saturated heterocycles. The molecule has 4 unspecified atom stereocenters. The first-order chi connectivity index (χ1) is 20.4. The van der Waals surface area contributed by atoms with E-state index in [0.29, 0.717) is 0 Å². The fourth-order valence-electron chi connectivity index (χ4n) is 4.18. The molecular weight excluding hydrogens is 587 g/mol. The lowest BCUT2D eigenvalue weighted by Crippen LogP contribution is -2.45. The summed E-state index contributed by atoms with van der Waals surface area (Å²) in [6.07, 6.45) is -2.40. The van der Waals surface area contributed by atoms with Crippen molar-refractivity contribution in [2.24, 2.45) is 11.8 Å². The Hall–Kier alpha value is -3.69. The third kappa shape index (κ3) is 11.8. The Labute approximate surface area is 259 Å². The van der Waals surface area contributed by atoms with Gasteiger partial charge in [0.1, 0.15) is 17.4 Å². The summed E-state index contributed by atoms with van der Waals surface area (Å²) in [5.74, 6) is -5.19. The minimum atomic E-state index is -4.06. The first kappa shape index (κ1) is 36.5. The average molecular weight is 633 g/mol. The lowest BCUT2D eigenvalue weighted by Gasteiger charge is -2.33. The van der Waals surface area contributed by atoms with E-state index in [1.807, 2.05) is 54.6 Å². The normalized spacial score (nSPS) is 15.7. The number of nitrogens with one attached hydrogen (secondary N) is 2. The second-order valence-corrected chi connectivity index (χ2v) is 14.9. The summed E-state index contributed by atoms with van der Waals surface area (Å²) >= 11 is 0. The Morgan fingerprint density at radius 3 is 1.95 bits per heavy atom. The van der Waals surface area contributed by atoms with Gasteiger partial charge in [-0.05, 0) is 57.7 Å². The third-order valence-corrected chi connectivity index (χ3v) is 9.37. The third-order valence-electron chi connectivity index (χ3n) is 6.54. The molecule has 2 aromatic carbocycles. The lowest BCUT2D eigenvalue weighted by atomic mass is 9.97. The van der Waals surface area contributed by atoms with E-state index in [9.17, 15) is 28.8 Å². The molecule has 0 heterocycles. The monoisotopic (exact) mass is 632 g/mol. The van der Waals surface area contributed by atoms with Gasteiger partial charge in [0.05, 0.1) is 5.92 Å². The van der Waals surface area contributed by atoms with E-state index in [4.69, 9.17) is 14.0 Å². The highest BCUT2D eigenvalue weighted by molar-refractivity contribution is 7.59. The molecule has 2 amide bonds. The van der Waals surface area contributed by atoms with Crippen LogP contribution in [0.15, 0.2) is 54.6 Å². The molecule has 0 spiro atoms. The van der Waals surface area contributed by atoms with Crippen LogP contribution >= 0.6 is 7.37 Å². The van der Waals surface area contributed by atoms with Gasteiger partial charge in [-0.2, -0.15) is 0 Å². The summed E-state index contributed by atoms with van der Waals surface area (Å²) in [7, 11) is -4.06. The Kier molecular flexibility index (Phi) is 13.2. The van der Waals surface area contributed by atoms with Crippen molar-refractivity contribution in [2.45, 2.75) is 85.5 Å². The fourth-order valence-corrected chi connectivity index (χ4v) is 6.61. The van der Waals surface area contributed by atoms with Gasteiger partial charge in [-0.1, -0.05) is 68.4 Å². The number of amides is 2. The van der Waals surface area contributed by atoms with Gasteiger partial charge < -0.3 is 25.2 Å². The van der Waals surface area contributed by atoms with Gasteiger partial charge in [-0.15, -0.1) is 0 Å². The molecular formula is C32H45N2O9P. The van der Waals surface area contributed by atoms with Crippen LogP contribution < -0.4 is 10.6 Å². The predicted molar refractivity (Wildman–Crippen MR) is 167 cm³/mol. The SMILES string of the molecule is CC(=O)OC(OP(=O)(CC(Cc1ccc(-c2ccccc2)cc1)C(=O)N[C@@H](C)C(=O)O)C(C)NC(=O)OC(C)(C)C)C(C)C. The fraction of sp³-hybridized carbons (Fsp3) is 0.500. The summed E-state index contributed by atoms with van der Waals surface area (Å²) in [6.45, 7) is 12.4. The molecule has 0 aromatic heterocycles. The van der Waals surface area contributed by atoms with Crippen molar-refractivity contribution >= 4 is 31.3 Å². The Bertz CT molecular complexity index is 1320. The molecule has 44 heavy (non-hydrogen) atoms. The number of alkyl carbamates (subject to hydrolysis) is 1. The van der Waals surface area contributed by atoms with Crippen molar-refractivity contribution in [3.8, 4) is 11.1 Å². The molecule has 0 aliphatic heterocycles. The number of carbonyl (C=O) groups is 4. The van der Waals surface area contributed by atoms with E-state index in [0.717, 1.165) is 16.7 Å². The zero-order chi connectivity index (χ0) is 33.2. The van der Waals surface area contributed by atoms with E-state index < -0.39 is 73.0 Å². The number of rotatable bonds is 14. The van der Waals surface area contributed by atoms with Crippen molar-refractivity contribution in [1.29, 1.82) is 0 Å². The van der Waals surface area contributed by atoms with Crippen LogP contribution in [0, 0.1) is 11.8 Å². The van der Waals surface area contributed by atoms with Gasteiger partial charge in [0.15, 0.2) is 0 Å². The molecule has 2 aromatic rings. The van der Waals surface area contributed by atoms with Crippen molar-refractivity contribution < 1.29 is 42.8 Å². The van der Waals surface area contributed by atoms with E-state index in [1.165, 1.54) is 20.8 Å². The number of hydrogen-bond donors (Lipinski definition) is 3. The number of carboxylic acid groups (broad SMARTS) is 1. The number of benzene rings is 2. The molecule has 11 nitrogen and oxygen atoms in total. The minimum absolute atomic E-state index is 0.0830. The van der Waals surface area contributed by atoms with Gasteiger partial charge in [0, 0.05) is 19.0 Å². The first-order valence-electron chi connectivity index (χ1n) is 14.5. The predicted octanol–water partition coefficient (Wildman–Crippen LogP) is 5.81. The van der Waals surface area contributed by atoms with E-state index in [2.05, 4.69) is 10.6 Å². The first-order valence-corrected chi connectivity index (χ1v) is 16.4. The highest BCUT2D eigenvalue weighted by Gasteiger charge is 2.41. The summed E-state index contributed by atoms with van der Waals surface area (Å²) < 4.78 is 31.3. The van der Waals surface area contributed by atoms with Gasteiger partial charge in [-0.3, -0.25) is 23.5 Å². The van der Waals surface area contributed by atoms with Crippen LogP contribution in [0.25, 0.3) is 11.1 Å². The van der Waals surface area contributed by atoms with Gasteiger partial charge >= 0.3 is 18.0 Å². The Morgan fingerprint density at radius 2 is 1.45 bits per heavy atom. The molecule has 242 valence electrons. The molecule has 5 atom stereocenters. The largest absolute Gasteiger partial charge is 0.480 e. The number of carboxylic acids is 1. The number of carbonyl (C=O) groups excluding carboxylic acids is 3. The van der Waals surface area contributed by atoms with Gasteiger partial charge in [0.25, 0.3) is 0 Å². The highest BCUT2D eigenvalue weighted by Crippen LogP contribution is 2.54. The molecule has 0 aliphatic rings. The number of aliphatic carboxylic acids is 1. The second-order valence-electron chi connectivity index (χ2n) is 12.1. The van der Waals surface area contributed by atoms with Crippen LogP contribution in [0.1, 0.15) is 61.0 Å². The van der Waals surface area contributed by atoms with E-state index in [-0.39, 0.29) is 6.42 Å². The zero-order valence-corrected chi connectivity index (χ0v) is 27.6. The average Bonchev–Trinajstić information content (AvgIpc) is 2.91. The van der Waals surface area contributed by atoms with Crippen molar-refractivity contribution in [3.63, 3.8) is 0 Å². The molecule has 0 radical (unpaired) electrons. The minimum Gasteiger partial charge on any atom is -0.480 e. The molecule has 12 heteroatoms. The van der Waals surface area contributed by atoms with Gasteiger partial charge in [0.2, 0.25) is 19.6 Å². The Balaban J connectivity index is 2.49. The van der Waals surface area contributed by atoms with Crippen LogP contribution in [0.4, 0.5) is 4.79 Å². The second kappa shape index (κ2) is 15.9. The number of esters is 1. The summed E-state index contributed by atoms with van der Waals surface area (Å²) in [5.41, 5.74) is 1.86. The summed E-state index contributed by atoms with van der Waals surface area (Å²) in [5, 5.41) is 14.4. The van der Waals surface area contributed by atoms with Crippen LogP contribution in [0.5, 0.6) is 0 Å². The maximum atomic E-state index is 14.7. The van der Waals surface area contributed by atoms with Crippen LogP contribution in [0.2, 0.25) is 0 Å². The number of hydrogen-bond acceptors (Lipinski definition) is 8. The van der Waals surface area contributed by atoms with E-state index >= 15 is 0 Å². The van der Waals surface area contributed by atoms with E-state index in [1.54, 1.807) is 34.6 Å². The summed E-state index contributed by atoms with van der Waals surface area (Å²) in [6, 6.07) is 16.0. The highest BCUT2D eigenvalue weighted by atomic mass is 31.2. The Morgan fingerprint density at radius 1 is 0.886 bits per heavy atom. The standard InChI is InChI=1S/C32H45N2O9P/c1-20(2)30(41-23(5)35)43-44(40,22(4)34-31(39)42-32(6,7)8)19-27(28(36)33-21(3)29(37)38)18-24-14-16-26(17-15-24)25-12-10-9-11-13-25/h9-17,20-22,27,30H,18-19H2,1-8H3,(H,33,36)(H,34,39)(H,37,38)/t21-,22?,27?,30?,44?/m0/s1. The lowest BCUT2D eigenvalue weighted by molar-refractivity contribution is -0.166. The molecule has 0 aliphatic carbocycles. The smallest absolute Gasteiger partial charge is 0.408 e. The molecule has 0 fully saturated rings. The zero-order valence-electron chi connectivity index (χ0n) is 26.7. The molecule has 2 rings (SSSR count). The number of ether oxygens (including phenoxy) is 2. The quantitative estimate of drug-likeness (QED) is 0.133. The maximum absolute atomic E-state index is 14.7. The van der Waals surface area contributed by atoms with Crippen LogP contribution in [-0.2, 0) is 39.4 Å². The van der Waals surface area contributed by atoms with Gasteiger partial charge in [-0.25, -0.2) is 4.79 Å².